The maximum Gasteiger partial charge on any atom is 0.341 e. The van der Waals surface area contributed by atoms with E-state index in [4.69, 9.17) is 14.7 Å². The van der Waals surface area contributed by atoms with Crippen molar-refractivity contribution < 1.29 is 19.1 Å². The molecule has 0 radical (unpaired) electrons. The van der Waals surface area contributed by atoms with E-state index in [1.165, 1.54) is 19.2 Å². The average molecular weight is 335 g/mol. The number of esters is 2. The number of ether oxygens (including phenoxy) is 2. The second-order valence-corrected chi connectivity index (χ2v) is 5.14. The lowest BCUT2D eigenvalue weighted by molar-refractivity contribution is 0.0467. The molecule has 0 aliphatic rings. The number of nitriles is 1. The minimum Gasteiger partial charge on any atom is -0.465 e. The molecule has 0 fully saturated rings. The molecule has 7 heteroatoms. The Hall–Kier alpha value is -3.66. The summed E-state index contributed by atoms with van der Waals surface area (Å²) in [6.45, 7) is -0.0405. The normalized spacial score (nSPS) is 10.2. The Balaban J connectivity index is 1.76. The van der Waals surface area contributed by atoms with Crippen molar-refractivity contribution in [1.29, 1.82) is 5.26 Å². The summed E-state index contributed by atoms with van der Waals surface area (Å²) in [5.74, 6) is -1.01. The van der Waals surface area contributed by atoms with E-state index in [0.717, 1.165) is 0 Å². The van der Waals surface area contributed by atoms with Crippen LogP contribution in [0.3, 0.4) is 0 Å². The van der Waals surface area contributed by atoms with Gasteiger partial charge in [0.05, 0.1) is 30.0 Å². The maximum atomic E-state index is 12.0. The fraction of sp³-hybridized carbons (Fsp3) is 0.111. The molecule has 0 N–H and O–H groups in total. The topological polar surface area (TPSA) is 93.7 Å². The van der Waals surface area contributed by atoms with Gasteiger partial charge in [-0.3, -0.25) is 0 Å². The molecule has 0 spiro atoms. The van der Waals surface area contributed by atoms with Gasteiger partial charge in [-0.2, -0.15) is 5.26 Å². The number of fused-ring (bicyclic) bond motifs is 1. The molecule has 2 heterocycles. The van der Waals surface area contributed by atoms with Crippen LogP contribution in [-0.4, -0.2) is 28.4 Å². The molecule has 25 heavy (non-hydrogen) atoms. The number of carbonyl (C=O) groups is 2. The van der Waals surface area contributed by atoms with E-state index in [0.29, 0.717) is 28.0 Å². The molecule has 1 aromatic carbocycles. The largest absolute Gasteiger partial charge is 0.465 e. The SMILES string of the molecule is COC(=O)c1cccn2cc(COC(=O)c3ccc(C#N)cc3)nc12. The van der Waals surface area contributed by atoms with Crippen LogP contribution in [0.1, 0.15) is 32.0 Å². The number of imidazole rings is 1. The van der Waals surface area contributed by atoms with Gasteiger partial charge in [0.15, 0.2) is 5.65 Å². The molecule has 3 aromatic rings. The molecule has 0 saturated heterocycles. The van der Waals surface area contributed by atoms with Gasteiger partial charge in [-0.05, 0) is 36.4 Å². The van der Waals surface area contributed by atoms with Crippen LogP contribution in [0.4, 0.5) is 0 Å². The van der Waals surface area contributed by atoms with Crippen LogP contribution in [0, 0.1) is 11.3 Å². The minimum atomic E-state index is -0.519. The van der Waals surface area contributed by atoms with Crippen molar-refractivity contribution in [3.8, 4) is 6.07 Å². The number of aromatic nitrogens is 2. The standard InChI is InChI=1S/C18H13N3O4/c1-24-18(23)15-3-2-8-21-10-14(20-16(15)21)11-25-17(22)13-6-4-12(9-19)5-7-13/h2-8,10H,11H2,1H3. The highest BCUT2D eigenvalue weighted by Crippen LogP contribution is 2.14. The number of benzene rings is 1. The summed E-state index contributed by atoms with van der Waals surface area (Å²) in [6.07, 6.45) is 3.41. The van der Waals surface area contributed by atoms with Gasteiger partial charge in [0.25, 0.3) is 0 Å². The first-order valence-corrected chi connectivity index (χ1v) is 7.34. The predicted octanol–water partition coefficient (Wildman–Crippen LogP) is 2.35. The first-order valence-electron chi connectivity index (χ1n) is 7.34. The summed E-state index contributed by atoms with van der Waals surface area (Å²) in [6, 6.07) is 11.4. The number of rotatable bonds is 4. The van der Waals surface area contributed by atoms with Crippen molar-refractivity contribution in [2.45, 2.75) is 6.61 Å². The van der Waals surface area contributed by atoms with E-state index in [-0.39, 0.29) is 6.61 Å². The average Bonchev–Trinajstić information content (AvgIpc) is 3.08. The highest BCUT2D eigenvalue weighted by Gasteiger charge is 2.14. The van der Waals surface area contributed by atoms with Gasteiger partial charge in [0, 0.05) is 12.4 Å². The Bertz CT molecular complexity index is 984. The lowest BCUT2D eigenvalue weighted by Crippen LogP contribution is -2.05. The molecule has 3 rings (SSSR count). The summed E-state index contributed by atoms with van der Waals surface area (Å²) in [7, 11) is 1.30. The number of hydrogen-bond donors (Lipinski definition) is 0. The van der Waals surface area contributed by atoms with Gasteiger partial charge in [0.1, 0.15) is 12.2 Å². The van der Waals surface area contributed by atoms with Crippen LogP contribution in [0.5, 0.6) is 0 Å². The van der Waals surface area contributed by atoms with Crippen LogP contribution in [0.15, 0.2) is 48.8 Å². The molecule has 2 aromatic heterocycles. The van der Waals surface area contributed by atoms with Crippen molar-refractivity contribution in [2.24, 2.45) is 0 Å². The van der Waals surface area contributed by atoms with Crippen LogP contribution < -0.4 is 0 Å². The van der Waals surface area contributed by atoms with Crippen LogP contribution in [0.2, 0.25) is 0 Å². The zero-order valence-corrected chi connectivity index (χ0v) is 13.3. The van der Waals surface area contributed by atoms with E-state index < -0.39 is 11.9 Å². The molecule has 0 saturated carbocycles. The van der Waals surface area contributed by atoms with Crippen molar-refractivity contribution in [3.63, 3.8) is 0 Å². The first kappa shape index (κ1) is 16.2. The van der Waals surface area contributed by atoms with Crippen LogP contribution in [0.25, 0.3) is 5.65 Å². The Morgan fingerprint density at radius 1 is 1.20 bits per heavy atom. The van der Waals surface area contributed by atoms with E-state index in [1.54, 1.807) is 41.1 Å². The Kier molecular flexibility index (Phi) is 4.44. The third kappa shape index (κ3) is 3.33. The van der Waals surface area contributed by atoms with E-state index in [9.17, 15) is 9.59 Å². The Labute approximate surface area is 143 Å². The number of hydrogen-bond acceptors (Lipinski definition) is 6. The zero-order chi connectivity index (χ0) is 17.8. The summed E-state index contributed by atoms with van der Waals surface area (Å²) in [5.41, 5.74) is 2.07. The highest BCUT2D eigenvalue weighted by molar-refractivity contribution is 5.95. The lowest BCUT2D eigenvalue weighted by atomic mass is 10.1. The van der Waals surface area contributed by atoms with Crippen LogP contribution >= 0.6 is 0 Å². The molecular formula is C18H13N3O4. The highest BCUT2D eigenvalue weighted by atomic mass is 16.5. The number of pyridine rings is 1. The number of methoxy groups -OCH3 is 1. The van der Waals surface area contributed by atoms with Gasteiger partial charge in [-0.15, -0.1) is 0 Å². The van der Waals surface area contributed by atoms with E-state index >= 15 is 0 Å². The third-order valence-electron chi connectivity index (χ3n) is 3.54. The summed E-state index contributed by atoms with van der Waals surface area (Å²) in [4.78, 5) is 28.1. The zero-order valence-electron chi connectivity index (χ0n) is 13.3. The Morgan fingerprint density at radius 2 is 1.96 bits per heavy atom. The monoisotopic (exact) mass is 335 g/mol. The molecule has 0 aliphatic heterocycles. The van der Waals surface area contributed by atoms with Crippen molar-refractivity contribution in [1.82, 2.24) is 9.38 Å². The van der Waals surface area contributed by atoms with Crippen molar-refractivity contribution in [2.75, 3.05) is 7.11 Å². The minimum absolute atomic E-state index is 0.0405. The number of nitrogens with zero attached hydrogens (tertiary/aromatic N) is 3. The van der Waals surface area contributed by atoms with Gasteiger partial charge < -0.3 is 13.9 Å². The number of carbonyl (C=O) groups excluding carboxylic acids is 2. The fourth-order valence-corrected chi connectivity index (χ4v) is 2.31. The molecule has 0 atom stereocenters. The fourth-order valence-electron chi connectivity index (χ4n) is 2.31. The summed E-state index contributed by atoms with van der Waals surface area (Å²) < 4.78 is 11.6. The maximum absolute atomic E-state index is 12.0. The van der Waals surface area contributed by atoms with Crippen LogP contribution in [-0.2, 0) is 16.1 Å². The predicted molar refractivity (Wildman–Crippen MR) is 86.8 cm³/mol. The van der Waals surface area contributed by atoms with Crippen molar-refractivity contribution in [3.05, 3.63) is 71.2 Å². The van der Waals surface area contributed by atoms with Gasteiger partial charge in [0.2, 0.25) is 0 Å². The smallest absolute Gasteiger partial charge is 0.341 e. The van der Waals surface area contributed by atoms with Crippen molar-refractivity contribution >= 4 is 17.6 Å². The second-order valence-electron chi connectivity index (χ2n) is 5.14. The molecular weight excluding hydrogens is 322 g/mol. The summed E-state index contributed by atoms with van der Waals surface area (Å²) in [5, 5.41) is 8.76. The van der Waals surface area contributed by atoms with E-state index in [1.807, 2.05) is 6.07 Å². The molecule has 0 unspecified atom stereocenters. The molecule has 7 nitrogen and oxygen atoms in total. The molecule has 0 amide bonds. The van der Waals surface area contributed by atoms with E-state index in [2.05, 4.69) is 4.98 Å². The summed E-state index contributed by atoms with van der Waals surface area (Å²) >= 11 is 0. The van der Waals surface area contributed by atoms with Gasteiger partial charge in [-0.25, -0.2) is 14.6 Å². The first-order chi connectivity index (χ1) is 12.1. The third-order valence-corrected chi connectivity index (χ3v) is 3.54. The van der Waals surface area contributed by atoms with Gasteiger partial charge >= 0.3 is 11.9 Å². The quantitative estimate of drug-likeness (QED) is 0.679. The Morgan fingerprint density at radius 3 is 2.64 bits per heavy atom. The van der Waals surface area contributed by atoms with Gasteiger partial charge in [-0.1, -0.05) is 0 Å². The second kappa shape index (κ2) is 6.84. The lowest BCUT2D eigenvalue weighted by Gasteiger charge is -2.02. The molecule has 0 bridgehead atoms. The molecule has 124 valence electrons. The molecule has 0 aliphatic carbocycles.